The highest BCUT2D eigenvalue weighted by atomic mass is 35.5. The first-order valence-corrected chi connectivity index (χ1v) is 6.66. The number of carbonyl (C=O) groups is 1. The molecule has 2 aromatic heterocycles. The maximum absolute atomic E-state index is 11.3. The van der Waals surface area contributed by atoms with Crippen molar-refractivity contribution in [2.75, 3.05) is 6.54 Å². The van der Waals surface area contributed by atoms with Crippen LogP contribution in [0.25, 0.3) is 5.52 Å². The summed E-state index contributed by atoms with van der Waals surface area (Å²) in [5.41, 5.74) is 0.503. The van der Waals surface area contributed by atoms with Crippen molar-refractivity contribution in [2.45, 2.75) is 25.3 Å². The lowest BCUT2D eigenvalue weighted by molar-refractivity contribution is 0.0693. The highest BCUT2D eigenvalue weighted by molar-refractivity contribution is 6.34. The summed E-state index contributed by atoms with van der Waals surface area (Å²) < 4.78 is 1.78. The first kappa shape index (κ1) is 12.4. The molecule has 5 nitrogen and oxygen atoms in total. The molecule has 0 spiro atoms. The van der Waals surface area contributed by atoms with Gasteiger partial charge in [-0.15, -0.1) is 0 Å². The lowest BCUT2D eigenvalue weighted by Gasteiger charge is -2.08. The van der Waals surface area contributed by atoms with Crippen molar-refractivity contribution in [1.82, 2.24) is 14.7 Å². The van der Waals surface area contributed by atoms with E-state index < -0.39 is 5.97 Å². The predicted molar refractivity (Wildman–Crippen MR) is 71.9 cm³/mol. The number of hydrogen-bond donors (Lipinski definition) is 2. The minimum Gasteiger partial charge on any atom is -0.476 e. The van der Waals surface area contributed by atoms with E-state index in [1.165, 1.54) is 0 Å². The number of hydrogen-bond acceptors (Lipinski definition) is 3. The molecule has 0 aliphatic carbocycles. The molecule has 6 heteroatoms. The Balaban J connectivity index is 2.09. The maximum Gasteiger partial charge on any atom is 0.356 e. The first-order valence-electron chi connectivity index (χ1n) is 6.29. The molecular formula is C13H14ClN3O2. The third-order valence-corrected chi connectivity index (χ3v) is 3.79. The van der Waals surface area contributed by atoms with Gasteiger partial charge in [0, 0.05) is 18.7 Å². The number of carboxylic acids is 1. The number of halogens is 1. The van der Waals surface area contributed by atoms with Crippen LogP contribution in [0.4, 0.5) is 0 Å². The van der Waals surface area contributed by atoms with Crippen molar-refractivity contribution in [3.05, 3.63) is 34.9 Å². The number of carboxylic acid groups (broad SMARTS) is 1. The normalized spacial score (nSPS) is 19.1. The maximum atomic E-state index is 11.3. The molecule has 0 radical (unpaired) electrons. The first-order chi connectivity index (χ1) is 9.16. The number of nitrogens with one attached hydrogen (secondary N) is 1. The number of rotatable bonds is 3. The van der Waals surface area contributed by atoms with Gasteiger partial charge in [-0.05, 0) is 31.5 Å². The summed E-state index contributed by atoms with van der Waals surface area (Å²) in [5.74, 6) is -0.300. The molecule has 0 bridgehead atoms. The van der Waals surface area contributed by atoms with Crippen LogP contribution in [-0.4, -0.2) is 33.0 Å². The fourth-order valence-corrected chi connectivity index (χ4v) is 2.86. The van der Waals surface area contributed by atoms with Crippen molar-refractivity contribution in [1.29, 1.82) is 0 Å². The van der Waals surface area contributed by atoms with E-state index in [-0.39, 0.29) is 5.69 Å². The summed E-state index contributed by atoms with van der Waals surface area (Å²) in [6, 6.07) is 3.85. The number of aromatic nitrogens is 2. The zero-order valence-corrected chi connectivity index (χ0v) is 11.0. The summed E-state index contributed by atoms with van der Waals surface area (Å²) in [6.45, 7) is 1.01. The van der Waals surface area contributed by atoms with Crippen LogP contribution in [-0.2, 0) is 6.42 Å². The molecule has 0 amide bonds. The van der Waals surface area contributed by atoms with E-state index in [0.717, 1.165) is 31.6 Å². The SMILES string of the molecule is O=C(O)c1nc(CC2CCCN2)n2cccc(Cl)c12. The van der Waals surface area contributed by atoms with Crippen LogP contribution in [0, 0.1) is 0 Å². The average Bonchev–Trinajstić information content (AvgIpc) is 2.99. The Bertz CT molecular complexity index is 632. The summed E-state index contributed by atoms with van der Waals surface area (Å²) in [5, 5.41) is 13.0. The molecule has 2 aromatic rings. The summed E-state index contributed by atoms with van der Waals surface area (Å²) >= 11 is 6.10. The molecule has 3 rings (SSSR count). The van der Waals surface area contributed by atoms with Gasteiger partial charge in [-0.1, -0.05) is 11.6 Å². The standard InChI is InChI=1S/C13H14ClN3O2/c14-9-4-2-6-17-10(7-8-3-1-5-15-8)16-11(12(9)17)13(18)19/h2,4,6,8,15H,1,3,5,7H2,(H,18,19). The van der Waals surface area contributed by atoms with E-state index in [4.69, 9.17) is 11.6 Å². The zero-order valence-electron chi connectivity index (χ0n) is 10.3. The molecule has 1 unspecified atom stereocenters. The zero-order chi connectivity index (χ0) is 13.4. The van der Waals surface area contributed by atoms with Crippen LogP contribution < -0.4 is 5.32 Å². The van der Waals surface area contributed by atoms with Crippen LogP contribution in [0.5, 0.6) is 0 Å². The second-order valence-corrected chi connectivity index (χ2v) is 5.16. The van der Waals surface area contributed by atoms with Crippen molar-refractivity contribution in [2.24, 2.45) is 0 Å². The minimum absolute atomic E-state index is 0.0265. The van der Waals surface area contributed by atoms with Gasteiger partial charge in [-0.3, -0.25) is 0 Å². The van der Waals surface area contributed by atoms with Crippen LogP contribution in [0.3, 0.4) is 0 Å². The molecule has 0 saturated carbocycles. The van der Waals surface area contributed by atoms with Gasteiger partial charge in [0.2, 0.25) is 0 Å². The Morgan fingerprint density at radius 2 is 2.47 bits per heavy atom. The fraction of sp³-hybridized carbons (Fsp3) is 0.385. The van der Waals surface area contributed by atoms with Gasteiger partial charge in [-0.2, -0.15) is 0 Å². The van der Waals surface area contributed by atoms with Gasteiger partial charge >= 0.3 is 5.97 Å². The number of aromatic carboxylic acids is 1. The second kappa shape index (κ2) is 4.83. The van der Waals surface area contributed by atoms with Gasteiger partial charge in [0.25, 0.3) is 0 Å². The largest absolute Gasteiger partial charge is 0.476 e. The lowest BCUT2D eigenvalue weighted by atomic mass is 10.1. The highest BCUT2D eigenvalue weighted by Gasteiger charge is 2.22. The van der Waals surface area contributed by atoms with Crippen LogP contribution >= 0.6 is 11.6 Å². The highest BCUT2D eigenvalue weighted by Crippen LogP contribution is 2.23. The molecule has 1 aliphatic rings. The van der Waals surface area contributed by atoms with Gasteiger partial charge in [0.05, 0.1) is 10.5 Å². The molecule has 1 saturated heterocycles. The Morgan fingerprint density at radius 3 is 3.16 bits per heavy atom. The number of pyridine rings is 1. The quantitative estimate of drug-likeness (QED) is 0.902. The second-order valence-electron chi connectivity index (χ2n) is 4.75. The van der Waals surface area contributed by atoms with Crippen LogP contribution in [0.15, 0.2) is 18.3 Å². The molecule has 2 N–H and O–H groups in total. The molecule has 1 atom stereocenters. The van der Waals surface area contributed by atoms with E-state index in [2.05, 4.69) is 10.3 Å². The number of imidazole rings is 1. The van der Waals surface area contributed by atoms with Gasteiger partial charge in [-0.25, -0.2) is 9.78 Å². The molecule has 0 aromatic carbocycles. The molecule has 1 fully saturated rings. The third-order valence-electron chi connectivity index (χ3n) is 3.48. The number of nitrogens with zero attached hydrogens (tertiary/aromatic N) is 2. The lowest BCUT2D eigenvalue weighted by Crippen LogP contribution is -2.24. The van der Waals surface area contributed by atoms with Crippen LogP contribution in [0.2, 0.25) is 5.02 Å². The predicted octanol–water partition coefficient (Wildman–Crippen LogP) is 1.98. The van der Waals surface area contributed by atoms with Gasteiger partial charge < -0.3 is 14.8 Å². The van der Waals surface area contributed by atoms with E-state index in [1.807, 2.05) is 6.20 Å². The minimum atomic E-state index is -1.05. The molecule has 1 aliphatic heterocycles. The Labute approximate surface area is 115 Å². The van der Waals surface area contributed by atoms with E-state index in [0.29, 0.717) is 16.6 Å². The van der Waals surface area contributed by atoms with Gasteiger partial charge in [0.15, 0.2) is 5.69 Å². The number of fused-ring (bicyclic) bond motifs is 1. The topological polar surface area (TPSA) is 66.6 Å². The summed E-state index contributed by atoms with van der Waals surface area (Å²) in [7, 11) is 0. The Hall–Kier alpha value is -1.59. The summed E-state index contributed by atoms with van der Waals surface area (Å²) in [6.07, 6.45) is 4.78. The molecule has 3 heterocycles. The van der Waals surface area contributed by atoms with Crippen molar-refractivity contribution < 1.29 is 9.90 Å². The van der Waals surface area contributed by atoms with Gasteiger partial charge in [0.1, 0.15) is 5.82 Å². The Kier molecular flexibility index (Phi) is 3.16. The molecule has 100 valence electrons. The molecule has 19 heavy (non-hydrogen) atoms. The van der Waals surface area contributed by atoms with E-state index >= 15 is 0 Å². The van der Waals surface area contributed by atoms with E-state index in [9.17, 15) is 9.90 Å². The fourth-order valence-electron chi connectivity index (χ4n) is 2.60. The average molecular weight is 280 g/mol. The third kappa shape index (κ3) is 2.19. The van der Waals surface area contributed by atoms with Crippen LogP contribution in [0.1, 0.15) is 29.2 Å². The van der Waals surface area contributed by atoms with Crippen molar-refractivity contribution in [3.63, 3.8) is 0 Å². The summed E-state index contributed by atoms with van der Waals surface area (Å²) in [4.78, 5) is 15.5. The molecular weight excluding hydrogens is 266 g/mol. The smallest absolute Gasteiger partial charge is 0.356 e. The van der Waals surface area contributed by atoms with Crippen molar-refractivity contribution >= 4 is 23.1 Å². The van der Waals surface area contributed by atoms with Crippen molar-refractivity contribution in [3.8, 4) is 0 Å². The van der Waals surface area contributed by atoms with E-state index in [1.54, 1.807) is 16.5 Å². The Morgan fingerprint density at radius 1 is 1.63 bits per heavy atom. The monoisotopic (exact) mass is 279 g/mol.